The molecular weight excluding hydrogens is 451 g/mol. The Labute approximate surface area is 191 Å². The van der Waals surface area contributed by atoms with E-state index in [1.807, 2.05) is 12.1 Å². The minimum absolute atomic E-state index is 0. The molecule has 1 saturated heterocycles. The summed E-state index contributed by atoms with van der Waals surface area (Å²) in [4.78, 5) is 17.8. The zero-order valence-corrected chi connectivity index (χ0v) is 18.7. The molecule has 162 valence electrons. The Morgan fingerprint density at radius 3 is 2.27 bits per heavy atom. The largest absolute Gasteiger partial charge is 0.454 e. The number of likely N-dealkylation sites (N-methyl/N-ethyl adjacent to an activating group) is 1. The first-order valence-corrected chi connectivity index (χ1v) is 10.0. The molecule has 0 radical (unpaired) electrons. The van der Waals surface area contributed by atoms with Crippen molar-refractivity contribution in [2.24, 2.45) is 5.84 Å². The van der Waals surface area contributed by atoms with Crippen LogP contribution in [-0.4, -0.2) is 55.7 Å². The predicted molar refractivity (Wildman–Crippen MR) is 118 cm³/mol. The number of carbonyl (C=O) groups excluding carboxylic acids is 1. The highest BCUT2D eigenvalue weighted by Crippen LogP contribution is 2.43. The van der Waals surface area contributed by atoms with Gasteiger partial charge in [-0.2, -0.15) is 0 Å². The summed E-state index contributed by atoms with van der Waals surface area (Å²) in [5, 5.41) is 0.883. The van der Waals surface area contributed by atoms with E-state index in [2.05, 4.69) is 22.3 Å². The zero-order valence-electron chi connectivity index (χ0n) is 16.4. The highest BCUT2D eigenvalue weighted by atomic mass is 35.5. The topological polar surface area (TPSA) is 80.1 Å². The fourth-order valence-corrected chi connectivity index (χ4v) is 4.59. The Hall–Kier alpha value is -1.74. The van der Waals surface area contributed by atoms with Crippen molar-refractivity contribution >= 4 is 41.5 Å². The van der Waals surface area contributed by atoms with E-state index >= 15 is 0 Å². The maximum absolute atomic E-state index is 13.5. The summed E-state index contributed by atoms with van der Waals surface area (Å²) in [5.74, 6) is 6.54. The summed E-state index contributed by atoms with van der Waals surface area (Å²) >= 11 is 12.7. The quantitative estimate of drug-likeness (QED) is 0.404. The van der Waals surface area contributed by atoms with E-state index in [1.165, 1.54) is 0 Å². The van der Waals surface area contributed by atoms with Crippen molar-refractivity contribution in [1.82, 2.24) is 15.2 Å². The van der Waals surface area contributed by atoms with Crippen molar-refractivity contribution < 1.29 is 14.3 Å². The van der Waals surface area contributed by atoms with E-state index in [-0.39, 0.29) is 25.1 Å². The van der Waals surface area contributed by atoms with Crippen molar-refractivity contribution in [3.63, 3.8) is 0 Å². The van der Waals surface area contributed by atoms with Gasteiger partial charge in [0.15, 0.2) is 17.0 Å². The lowest BCUT2D eigenvalue weighted by molar-refractivity contribution is -0.133. The van der Waals surface area contributed by atoms with E-state index in [0.29, 0.717) is 45.8 Å². The number of nitrogens with zero attached hydrogens (tertiary/aromatic N) is 2. The lowest BCUT2D eigenvalue weighted by Gasteiger charge is -2.46. The van der Waals surface area contributed by atoms with Gasteiger partial charge in [0.25, 0.3) is 5.91 Å². The lowest BCUT2D eigenvalue weighted by atomic mass is 9.79. The van der Waals surface area contributed by atoms with E-state index in [4.69, 9.17) is 38.5 Å². The third-order valence-electron chi connectivity index (χ3n) is 5.51. The number of hydrogen-bond acceptors (Lipinski definition) is 6. The molecule has 0 spiro atoms. The molecule has 1 amide bonds. The van der Waals surface area contributed by atoms with Gasteiger partial charge >= 0.3 is 0 Å². The second-order valence-corrected chi connectivity index (χ2v) is 8.07. The summed E-state index contributed by atoms with van der Waals surface area (Å²) < 4.78 is 11.0. The summed E-state index contributed by atoms with van der Waals surface area (Å²) in [5.41, 5.74) is 2.48. The second kappa shape index (κ2) is 9.18. The molecule has 2 aliphatic heterocycles. The van der Waals surface area contributed by atoms with Crippen molar-refractivity contribution in [2.75, 3.05) is 40.0 Å². The number of amides is 1. The van der Waals surface area contributed by atoms with Gasteiger partial charge in [0, 0.05) is 36.2 Å². The van der Waals surface area contributed by atoms with E-state index in [9.17, 15) is 4.79 Å². The van der Waals surface area contributed by atoms with Gasteiger partial charge < -0.3 is 14.4 Å². The Morgan fingerprint density at radius 1 is 1.00 bits per heavy atom. The average Bonchev–Trinajstić information content (AvgIpc) is 3.17. The first kappa shape index (κ1) is 22.9. The maximum Gasteiger partial charge on any atom is 0.263 e. The highest BCUT2D eigenvalue weighted by Gasteiger charge is 2.48. The van der Waals surface area contributed by atoms with Crippen LogP contribution in [0.3, 0.4) is 0 Å². The molecule has 2 aromatic carbocycles. The number of ether oxygens (including phenoxy) is 2. The van der Waals surface area contributed by atoms with Crippen molar-refractivity contribution in [3.05, 3.63) is 57.6 Å². The third-order valence-corrected chi connectivity index (χ3v) is 5.94. The van der Waals surface area contributed by atoms with Crippen LogP contribution in [0, 0.1) is 0 Å². The number of fused-ring (bicyclic) bond motifs is 1. The molecule has 2 aromatic rings. The van der Waals surface area contributed by atoms with Crippen molar-refractivity contribution in [1.29, 1.82) is 0 Å². The zero-order chi connectivity index (χ0) is 20.6. The molecule has 7 nitrogen and oxygen atoms in total. The summed E-state index contributed by atoms with van der Waals surface area (Å²) in [6.45, 7) is 3.06. The Balaban J connectivity index is 0.00000256. The van der Waals surface area contributed by atoms with Gasteiger partial charge in [0.2, 0.25) is 6.79 Å². The third kappa shape index (κ3) is 3.93. The predicted octanol–water partition coefficient (Wildman–Crippen LogP) is 2.62. The molecule has 1 fully saturated rings. The standard InChI is InChI=1S/C20H22Cl2N4O3.ClH/c1-25-4-6-26(7-5-25)20(19(27)24-23,14-8-15(21)11-16(22)9-14)13-2-3-17-18(10-13)29-12-28-17;/h2-3,8-11H,4-7,12,23H2,1H3,(H,24,27);1H. The van der Waals surface area contributed by atoms with Crippen LogP contribution in [0.4, 0.5) is 0 Å². The monoisotopic (exact) mass is 472 g/mol. The van der Waals surface area contributed by atoms with Crippen LogP contribution in [0.5, 0.6) is 11.5 Å². The van der Waals surface area contributed by atoms with E-state index in [0.717, 1.165) is 13.1 Å². The minimum Gasteiger partial charge on any atom is -0.454 e. The van der Waals surface area contributed by atoms with Gasteiger partial charge in [-0.3, -0.25) is 15.1 Å². The van der Waals surface area contributed by atoms with Crippen molar-refractivity contribution in [3.8, 4) is 11.5 Å². The fraction of sp³-hybridized carbons (Fsp3) is 0.350. The van der Waals surface area contributed by atoms with Crippen LogP contribution in [0.25, 0.3) is 0 Å². The number of nitrogens with one attached hydrogen (secondary N) is 1. The van der Waals surface area contributed by atoms with Crippen LogP contribution in [0.15, 0.2) is 36.4 Å². The Morgan fingerprint density at radius 2 is 1.63 bits per heavy atom. The molecule has 4 rings (SSSR count). The van der Waals surface area contributed by atoms with Gasteiger partial charge in [-0.05, 0) is 48.5 Å². The number of benzene rings is 2. The molecule has 1 atom stereocenters. The molecule has 10 heteroatoms. The average molecular weight is 474 g/mol. The summed E-state index contributed by atoms with van der Waals surface area (Å²) in [7, 11) is 2.05. The minimum atomic E-state index is -1.23. The molecule has 2 aliphatic rings. The van der Waals surface area contributed by atoms with Crippen LogP contribution >= 0.6 is 35.6 Å². The van der Waals surface area contributed by atoms with E-state index < -0.39 is 5.54 Å². The van der Waals surface area contributed by atoms with Crippen LogP contribution in [0.2, 0.25) is 10.0 Å². The number of hydrazine groups is 1. The molecule has 1 unspecified atom stereocenters. The molecule has 0 saturated carbocycles. The molecule has 0 aromatic heterocycles. The molecule has 3 N–H and O–H groups in total. The van der Waals surface area contributed by atoms with Crippen LogP contribution in [0.1, 0.15) is 11.1 Å². The van der Waals surface area contributed by atoms with Crippen LogP contribution in [-0.2, 0) is 10.3 Å². The normalized spacial score (nSPS) is 18.4. The number of halogens is 3. The number of hydrogen-bond donors (Lipinski definition) is 2. The SMILES string of the molecule is CN1CCN(C(C(=O)NN)(c2cc(Cl)cc(Cl)c2)c2ccc3c(c2)OCO3)CC1.Cl. The van der Waals surface area contributed by atoms with Gasteiger partial charge in [0.1, 0.15) is 0 Å². The highest BCUT2D eigenvalue weighted by molar-refractivity contribution is 6.34. The summed E-state index contributed by atoms with van der Waals surface area (Å²) in [6, 6.07) is 10.6. The molecule has 30 heavy (non-hydrogen) atoms. The number of rotatable bonds is 4. The molecular formula is C20H23Cl3N4O3. The van der Waals surface area contributed by atoms with Gasteiger partial charge in [-0.15, -0.1) is 12.4 Å². The molecule has 0 aliphatic carbocycles. The van der Waals surface area contributed by atoms with Crippen LogP contribution < -0.4 is 20.7 Å². The summed E-state index contributed by atoms with van der Waals surface area (Å²) in [6.07, 6.45) is 0. The Bertz CT molecular complexity index is 917. The first-order chi connectivity index (χ1) is 13.9. The van der Waals surface area contributed by atoms with Gasteiger partial charge in [-0.1, -0.05) is 29.3 Å². The van der Waals surface area contributed by atoms with Gasteiger partial charge in [-0.25, -0.2) is 5.84 Å². The second-order valence-electron chi connectivity index (χ2n) is 7.20. The lowest BCUT2D eigenvalue weighted by Crippen LogP contribution is -2.62. The number of nitrogens with two attached hydrogens (primary N) is 1. The molecule has 2 heterocycles. The maximum atomic E-state index is 13.5. The van der Waals surface area contributed by atoms with Gasteiger partial charge in [0.05, 0.1) is 0 Å². The number of piperazine rings is 1. The fourth-order valence-electron chi connectivity index (χ4n) is 4.07. The first-order valence-electron chi connectivity index (χ1n) is 9.26. The van der Waals surface area contributed by atoms with E-state index in [1.54, 1.807) is 24.3 Å². The molecule has 0 bridgehead atoms. The number of carbonyl (C=O) groups is 1. The van der Waals surface area contributed by atoms with Crippen molar-refractivity contribution in [2.45, 2.75) is 5.54 Å². The Kier molecular flexibility index (Phi) is 7.02. The smallest absolute Gasteiger partial charge is 0.263 e.